The number of hydrogen-bond acceptors (Lipinski definition) is 3. The molecule has 4 rings (SSSR count). The Morgan fingerprint density at radius 2 is 1.90 bits per heavy atom. The van der Waals surface area contributed by atoms with Gasteiger partial charge in [0.05, 0.1) is 6.61 Å². The highest BCUT2D eigenvalue weighted by Gasteiger charge is 2.54. The Bertz CT molecular complexity index is 727. The summed E-state index contributed by atoms with van der Waals surface area (Å²) in [5, 5.41) is 0. The van der Waals surface area contributed by atoms with Gasteiger partial charge in [0, 0.05) is 11.8 Å². The van der Waals surface area contributed by atoms with Crippen molar-refractivity contribution in [1.29, 1.82) is 0 Å². The van der Waals surface area contributed by atoms with Crippen molar-refractivity contribution in [2.45, 2.75) is 77.0 Å². The topological polar surface area (TPSA) is 29.5 Å². The first-order chi connectivity index (χ1) is 14.0. The van der Waals surface area contributed by atoms with Crippen molar-refractivity contribution in [1.82, 2.24) is 4.90 Å². The van der Waals surface area contributed by atoms with Gasteiger partial charge in [0.25, 0.3) is 0 Å². The minimum Gasteiger partial charge on any atom is -0.494 e. The van der Waals surface area contributed by atoms with Crippen molar-refractivity contribution in [2.24, 2.45) is 17.3 Å². The Morgan fingerprint density at radius 1 is 1.07 bits per heavy atom. The van der Waals surface area contributed by atoms with Gasteiger partial charge in [0.2, 0.25) is 0 Å². The third kappa shape index (κ3) is 4.26. The summed E-state index contributed by atoms with van der Waals surface area (Å²) in [6.45, 7) is 4.27. The zero-order valence-electron chi connectivity index (χ0n) is 18.7. The molecule has 29 heavy (non-hydrogen) atoms. The standard InChI is InChI=1S/C26H39NO2/c1-26-15-14-22-21-11-9-20(29-17-7-5-4-6-16-27(2)3)18-19(21)8-10-23(22)24(26)12-13-25(26)28/h9,11,18,22-24H,4-8,10,12-17H2,1-3H3/t22-,23+,24+,26+/m1/s1. The molecular formula is C26H39NO2. The molecule has 3 aliphatic rings. The Hall–Kier alpha value is -1.35. The molecule has 1 aromatic carbocycles. The second kappa shape index (κ2) is 8.79. The zero-order chi connectivity index (χ0) is 20.4. The number of nitrogens with zero attached hydrogens (tertiary/aromatic N) is 1. The normalized spacial score (nSPS) is 30.8. The summed E-state index contributed by atoms with van der Waals surface area (Å²) in [6.07, 6.45) is 11.6. The maximum absolute atomic E-state index is 12.5. The Labute approximate surface area is 177 Å². The van der Waals surface area contributed by atoms with E-state index in [1.54, 1.807) is 5.56 Å². The molecule has 3 aliphatic carbocycles. The minimum atomic E-state index is -0.0196. The summed E-state index contributed by atoms with van der Waals surface area (Å²) < 4.78 is 6.08. The summed E-state index contributed by atoms with van der Waals surface area (Å²) in [5.74, 6) is 3.57. The van der Waals surface area contributed by atoms with Crippen LogP contribution in [0.5, 0.6) is 5.75 Å². The van der Waals surface area contributed by atoms with E-state index in [0.717, 1.165) is 44.5 Å². The van der Waals surface area contributed by atoms with Crippen LogP contribution in [0.2, 0.25) is 0 Å². The van der Waals surface area contributed by atoms with E-state index in [-0.39, 0.29) is 5.41 Å². The SMILES string of the molecule is CN(C)CCCCCCOc1ccc2c(c1)CC[C@H]1[C@@H]2CC[C@]2(C)C(=O)CC[C@@H]12. The Balaban J connectivity index is 1.31. The molecular weight excluding hydrogens is 358 g/mol. The number of unbranched alkanes of at least 4 members (excludes halogenated alkanes) is 3. The number of aryl methyl sites for hydroxylation is 1. The van der Waals surface area contributed by atoms with Gasteiger partial charge in [-0.15, -0.1) is 0 Å². The van der Waals surface area contributed by atoms with Crippen LogP contribution in [0.25, 0.3) is 0 Å². The van der Waals surface area contributed by atoms with Crippen molar-refractivity contribution in [2.75, 3.05) is 27.2 Å². The number of carbonyl (C=O) groups excluding carboxylic acids is 1. The van der Waals surface area contributed by atoms with Gasteiger partial charge in [0.15, 0.2) is 0 Å². The molecule has 0 radical (unpaired) electrons. The largest absolute Gasteiger partial charge is 0.494 e. The van der Waals surface area contributed by atoms with E-state index >= 15 is 0 Å². The molecule has 2 fully saturated rings. The maximum Gasteiger partial charge on any atom is 0.139 e. The number of hydrogen-bond donors (Lipinski definition) is 0. The van der Waals surface area contributed by atoms with Crippen molar-refractivity contribution in [3.63, 3.8) is 0 Å². The molecule has 0 amide bonds. The van der Waals surface area contributed by atoms with Gasteiger partial charge >= 0.3 is 0 Å². The summed E-state index contributed by atoms with van der Waals surface area (Å²) in [7, 11) is 4.28. The molecule has 0 spiro atoms. The molecule has 0 heterocycles. The van der Waals surface area contributed by atoms with Crippen LogP contribution < -0.4 is 4.74 Å². The highest BCUT2D eigenvalue weighted by atomic mass is 16.5. The summed E-state index contributed by atoms with van der Waals surface area (Å²) in [4.78, 5) is 14.7. The van der Waals surface area contributed by atoms with E-state index in [1.807, 2.05) is 0 Å². The van der Waals surface area contributed by atoms with Crippen LogP contribution in [0.3, 0.4) is 0 Å². The van der Waals surface area contributed by atoms with Gasteiger partial charge < -0.3 is 9.64 Å². The first-order valence-electron chi connectivity index (χ1n) is 11.9. The number of ether oxygens (including phenoxy) is 1. The van der Waals surface area contributed by atoms with Crippen molar-refractivity contribution in [3.05, 3.63) is 29.3 Å². The van der Waals surface area contributed by atoms with Crippen molar-refractivity contribution >= 4 is 5.78 Å². The molecule has 1 aromatic rings. The van der Waals surface area contributed by atoms with Crippen molar-refractivity contribution < 1.29 is 9.53 Å². The monoisotopic (exact) mass is 397 g/mol. The fourth-order valence-electron chi connectivity index (χ4n) is 6.49. The summed E-state index contributed by atoms with van der Waals surface area (Å²) in [5.41, 5.74) is 3.04. The van der Waals surface area contributed by atoms with Gasteiger partial charge in [-0.3, -0.25) is 4.79 Å². The average molecular weight is 398 g/mol. The van der Waals surface area contributed by atoms with Gasteiger partial charge in [-0.25, -0.2) is 0 Å². The summed E-state index contributed by atoms with van der Waals surface area (Å²) in [6, 6.07) is 6.85. The van der Waals surface area contributed by atoms with E-state index in [0.29, 0.717) is 23.5 Å². The molecule has 3 nitrogen and oxygen atoms in total. The average Bonchev–Trinajstić information content (AvgIpc) is 3.01. The fraction of sp³-hybridized carbons (Fsp3) is 0.731. The van der Waals surface area contributed by atoms with Gasteiger partial charge in [-0.1, -0.05) is 25.8 Å². The molecule has 0 bridgehead atoms. The fourth-order valence-corrected chi connectivity index (χ4v) is 6.49. The molecule has 0 N–H and O–H groups in total. The second-order valence-corrected chi connectivity index (χ2v) is 10.3. The lowest BCUT2D eigenvalue weighted by atomic mass is 9.55. The molecule has 3 heteroatoms. The minimum absolute atomic E-state index is 0.0196. The number of rotatable bonds is 8. The van der Waals surface area contributed by atoms with Crippen LogP contribution >= 0.6 is 0 Å². The van der Waals surface area contributed by atoms with Crippen LogP contribution in [0.4, 0.5) is 0 Å². The number of fused-ring (bicyclic) bond motifs is 5. The quantitative estimate of drug-likeness (QED) is 0.534. The predicted molar refractivity (Wildman–Crippen MR) is 119 cm³/mol. The van der Waals surface area contributed by atoms with Gasteiger partial charge in [-0.05, 0) is 107 Å². The van der Waals surface area contributed by atoms with E-state index < -0.39 is 0 Å². The molecule has 0 aliphatic heterocycles. The number of benzene rings is 1. The first-order valence-corrected chi connectivity index (χ1v) is 11.9. The molecule has 4 atom stereocenters. The molecule has 160 valence electrons. The van der Waals surface area contributed by atoms with Crippen LogP contribution in [-0.4, -0.2) is 37.9 Å². The Kier molecular flexibility index (Phi) is 6.34. The second-order valence-electron chi connectivity index (χ2n) is 10.3. The smallest absolute Gasteiger partial charge is 0.139 e. The predicted octanol–water partition coefficient (Wildman–Crippen LogP) is 5.61. The number of carbonyl (C=O) groups is 1. The maximum atomic E-state index is 12.5. The van der Waals surface area contributed by atoms with Crippen LogP contribution in [0.15, 0.2) is 18.2 Å². The first kappa shape index (κ1) is 20.9. The molecule has 0 unspecified atom stereocenters. The molecule has 0 saturated heterocycles. The molecule has 2 saturated carbocycles. The van der Waals surface area contributed by atoms with Crippen molar-refractivity contribution in [3.8, 4) is 5.75 Å². The number of ketones is 1. The van der Waals surface area contributed by atoms with Gasteiger partial charge in [0.1, 0.15) is 11.5 Å². The lowest BCUT2D eigenvalue weighted by Gasteiger charge is -2.48. The van der Waals surface area contributed by atoms with E-state index in [4.69, 9.17) is 4.74 Å². The molecule has 0 aromatic heterocycles. The zero-order valence-corrected chi connectivity index (χ0v) is 18.7. The lowest BCUT2D eigenvalue weighted by molar-refractivity contribution is -0.129. The number of Topliss-reactive ketones (excluding diaryl/α,β-unsaturated/α-hetero) is 1. The van der Waals surface area contributed by atoms with E-state index in [9.17, 15) is 4.79 Å². The summed E-state index contributed by atoms with van der Waals surface area (Å²) >= 11 is 0. The van der Waals surface area contributed by atoms with Crippen LogP contribution in [0, 0.1) is 17.3 Å². The van der Waals surface area contributed by atoms with Crippen LogP contribution in [0.1, 0.15) is 81.8 Å². The highest BCUT2D eigenvalue weighted by molar-refractivity contribution is 5.87. The highest BCUT2D eigenvalue weighted by Crippen LogP contribution is 2.59. The third-order valence-corrected chi connectivity index (χ3v) is 8.18. The lowest BCUT2D eigenvalue weighted by Crippen LogP contribution is -2.42. The Morgan fingerprint density at radius 3 is 2.72 bits per heavy atom. The van der Waals surface area contributed by atoms with Gasteiger partial charge in [-0.2, -0.15) is 0 Å². The van der Waals surface area contributed by atoms with Crippen LogP contribution in [-0.2, 0) is 11.2 Å². The third-order valence-electron chi connectivity index (χ3n) is 8.18. The van der Waals surface area contributed by atoms with E-state index in [2.05, 4.69) is 44.1 Å². The van der Waals surface area contributed by atoms with E-state index in [1.165, 1.54) is 44.2 Å².